The van der Waals surface area contributed by atoms with Crippen LogP contribution in [0.1, 0.15) is 13.8 Å². The normalized spacial score (nSPS) is 10.2. The molecule has 104 valence electrons. The Morgan fingerprint density at radius 3 is 2.50 bits per heavy atom. The van der Waals surface area contributed by atoms with E-state index in [1.807, 2.05) is 37.3 Å². The quantitative estimate of drug-likeness (QED) is 0.908. The summed E-state index contributed by atoms with van der Waals surface area (Å²) in [5.41, 5.74) is 2.38. The largest absolute Gasteiger partial charge is 0.492 e. The molecule has 2 rings (SSSR count). The maximum Gasteiger partial charge on any atom is 0.221 e. The fraction of sp³-hybridized carbons (Fsp3) is 0.188. The molecule has 0 heterocycles. The summed E-state index contributed by atoms with van der Waals surface area (Å²) in [5.74, 6) is 0.476. The molecule has 0 spiro atoms. The van der Waals surface area contributed by atoms with E-state index in [9.17, 15) is 4.79 Å². The van der Waals surface area contributed by atoms with Crippen LogP contribution >= 0.6 is 11.6 Å². The molecule has 2 aromatic carbocycles. The highest BCUT2D eigenvalue weighted by Gasteiger charge is 2.15. The number of hydrogen-bond donors (Lipinski definition) is 1. The molecule has 0 saturated carbocycles. The van der Waals surface area contributed by atoms with Crippen LogP contribution in [-0.2, 0) is 4.79 Å². The van der Waals surface area contributed by atoms with Crippen LogP contribution in [0.5, 0.6) is 5.75 Å². The van der Waals surface area contributed by atoms with Crippen molar-refractivity contribution >= 4 is 23.2 Å². The van der Waals surface area contributed by atoms with Gasteiger partial charge in [0.05, 0.1) is 17.3 Å². The number of carbonyl (C=O) groups excluding carboxylic acids is 1. The predicted molar refractivity (Wildman–Crippen MR) is 82.4 cm³/mol. The van der Waals surface area contributed by atoms with E-state index in [2.05, 4.69) is 5.32 Å². The molecule has 0 bridgehead atoms. The van der Waals surface area contributed by atoms with Crippen molar-refractivity contribution in [3.63, 3.8) is 0 Å². The van der Waals surface area contributed by atoms with Gasteiger partial charge in [-0.15, -0.1) is 0 Å². The van der Waals surface area contributed by atoms with Crippen molar-refractivity contribution in [1.29, 1.82) is 0 Å². The zero-order chi connectivity index (χ0) is 14.5. The minimum atomic E-state index is -0.137. The smallest absolute Gasteiger partial charge is 0.221 e. The molecular weight excluding hydrogens is 274 g/mol. The summed E-state index contributed by atoms with van der Waals surface area (Å²) < 4.78 is 5.51. The molecule has 0 aromatic heterocycles. The van der Waals surface area contributed by atoms with Crippen molar-refractivity contribution in [2.75, 3.05) is 11.9 Å². The molecule has 20 heavy (non-hydrogen) atoms. The topological polar surface area (TPSA) is 38.3 Å². The zero-order valence-corrected chi connectivity index (χ0v) is 12.2. The Morgan fingerprint density at radius 1 is 1.20 bits per heavy atom. The van der Waals surface area contributed by atoms with Crippen LogP contribution in [0.2, 0.25) is 5.02 Å². The standard InChI is InChI=1S/C16H16ClNO2/c1-3-20-14-10-9-13(18-11(2)19)15(16(14)17)12-7-5-4-6-8-12/h4-10H,3H2,1-2H3,(H,18,19). The third kappa shape index (κ3) is 3.11. The number of halogens is 1. The van der Waals surface area contributed by atoms with Gasteiger partial charge in [-0.05, 0) is 24.6 Å². The molecule has 0 unspecified atom stereocenters. The average molecular weight is 290 g/mol. The van der Waals surface area contributed by atoms with E-state index in [1.54, 1.807) is 12.1 Å². The van der Waals surface area contributed by atoms with Gasteiger partial charge in [0.2, 0.25) is 5.91 Å². The summed E-state index contributed by atoms with van der Waals surface area (Å²) in [6, 6.07) is 13.3. The highest BCUT2D eigenvalue weighted by molar-refractivity contribution is 6.35. The lowest BCUT2D eigenvalue weighted by molar-refractivity contribution is -0.114. The van der Waals surface area contributed by atoms with E-state index < -0.39 is 0 Å². The summed E-state index contributed by atoms with van der Waals surface area (Å²) >= 11 is 6.43. The van der Waals surface area contributed by atoms with Crippen LogP contribution in [0.15, 0.2) is 42.5 Å². The van der Waals surface area contributed by atoms with Crippen LogP contribution in [0, 0.1) is 0 Å². The third-order valence-corrected chi connectivity index (χ3v) is 3.15. The maximum absolute atomic E-state index is 11.3. The highest BCUT2D eigenvalue weighted by atomic mass is 35.5. The number of ether oxygens (including phenoxy) is 1. The summed E-state index contributed by atoms with van der Waals surface area (Å²) in [5, 5.41) is 3.31. The Hall–Kier alpha value is -2.00. The molecular formula is C16H16ClNO2. The lowest BCUT2D eigenvalue weighted by atomic mass is 10.0. The summed E-state index contributed by atoms with van der Waals surface area (Å²) in [6.45, 7) is 3.91. The lowest BCUT2D eigenvalue weighted by Gasteiger charge is -2.15. The van der Waals surface area contributed by atoms with E-state index in [1.165, 1.54) is 6.92 Å². The number of amides is 1. The summed E-state index contributed by atoms with van der Waals surface area (Å²) in [7, 11) is 0. The number of nitrogens with one attached hydrogen (secondary N) is 1. The van der Waals surface area contributed by atoms with Crippen LogP contribution in [-0.4, -0.2) is 12.5 Å². The van der Waals surface area contributed by atoms with Crippen molar-refractivity contribution < 1.29 is 9.53 Å². The van der Waals surface area contributed by atoms with Gasteiger partial charge in [0, 0.05) is 12.5 Å². The van der Waals surface area contributed by atoms with Gasteiger partial charge < -0.3 is 10.1 Å². The minimum absolute atomic E-state index is 0.137. The second-order valence-corrected chi connectivity index (χ2v) is 4.66. The molecule has 4 heteroatoms. The Labute approximate surface area is 123 Å². The number of benzene rings is 2. The summed E-state index contributed by atoms with van der Waals surface area (Å²) in [4.78, 5) is 11.3. The molecule has 0 fully saturated rings. The van der Waals surface area contributed by atoms with Gasteiger partial charge in [-0.1, -0.05) is 41.9 Å². The second kappa shape index (κ2) is 6.44. The third-order valence-electron chi connectivity index (χ3n) is 2.78. The van der Waals surface area contributed by atoms with Crippen LogP contribution in [0.4, 0.5) is 5.69 Å². The molecule has 1 N–H and O–H groups in total. The van der Waals surface area contributed by atoms with Crippen molar-refractivity contribution in [2.45, 2.75) is 13.8 Å². The van der Waals surface area contributed by atoms with Gasteiger partial charge in [-0.2, -0.15) is 0 Å². The molecule has 0 aliphatic rings. The maximum atomic E-state index is 11.3. The molecule has 0 saturated heterocycles. The summed E-state index contributed by atoms with van der Waals surface area (Å²) in [6.07, 6.45) is 0. The van der Waals surface area contributed by atoms with Gasteiger partial charge in [0.15, 0.2) is 0 Å². The van der Waals surface area contributed by atoms with Crippen molar-refractivity contribution in [3.05, 3.63) is 47.5 Å². The Bertz CT molecular complexity index is 611. The Morgan fingerprint density at radius 2 is 1.90 bits per heavy atom. The monoisotopic (exact) mass is 289 g/mol. The molecule has 1 amide bonds. The first kappa shape index (κ1) is 14.4. The number of hydrogen-bond acceptors (Lipinski definition) is 2. The lowest BCUT2D eigenvalue weighted by Crippen LogP contribution is -2.07. The van der Waals surface area contributed by atoms with Crippen molar-refractivity contribution in [1.82, 2.24) is 0 Å². The first-order valence-electron chi connectivity index (χ1n) is 6.41. The average Bonchev–Trinajstić information content (AvgIpc) is 2.43. The highest BCUT2D eigenvalue weighted by Crippen LogP contribution is 2.40. The van der Waals surface area contributed by atoms with Gasteiger partial charge in [0.25, 0.3) is 0 Å². The van der Waals surface area contributed by atoms with Crippen LogP contribution in [0.3, 0.4) is 0 Å². The fourth-order valence-corrected chi connectivity index (χ4v) is 2.33. The van der Waals surface area contributed by atoms with Gasteiger partial charge in [-0.25, -0.2) is 0 Å². The molecule has 0 atom stereocenters. The zero-order valence-electron chi connectivity index (χ0n) is 11.4. The number of carbonyl (C=O) groups is 1. The van der Waals surface area contributed by atoms with Gasteiger partial charge in [-0.3, -0.25) is 4.79 Å². The van der Waals surface area contributed by atoms with E-state index in [4.69, 9.17) is 16.3 Å². The molecule has 0 radical (unpaired) electrons. The molecule has 2 aromatic rings. The molecule has 0 aliphatic carbocycles. The van der Waals surface area contributed by atoms with E-state index >= 15 is 0 Å². The van der Waals surface area contributed by atoms with Gasteiger partial charge >= 0.3 is 0 Å². The fourth-order valence-electron chi connectivity index (χ4n) is 2.00. The van der Waals surface area contributed by atoms with Crippen LogP contribution < -0.4 is 10.1 Å². The number of rotatable bonds is 4. The van der Waals surface area contributed by atoms with Crippen molar-refractivity contribution in [2.24, 2.45) is 0 Å². The number of anilines is 1. The predicted octanol–water partition coefficient (Wildman–Crippen LogP) is 4.36. The van der Waals surface area contributed by atoms with Gasteiger partial charge in [0.1, 0.15) is 5.75 Å². The SMILES string of the molecule is CCOc1ccc(NC(C)=O)c(-c2ccccc2)c1Cl. The van der Waals surface area contributed by atoms with Crippen LogP contribution in [0.25, 0.3) is 11.1 Å². The van der Waals surface area contributed by atoms with E-state index in [0.717, 1.165) is 11.1 Å². The molecule has 0 aliphatic heterocycles. The van der Waals surface area contributed by atoms with Crippen molar-refractivity contribution in [3.8, 4) is 16.9 Å². The first-order valence-corrected chi connectivity index (χ1v) is 6.79. The van der Waals surface area contributed by atoms with E-state index in [-0.39, 0.29) is 5.91 Å². The van der Waals surface area contributed by atoms with E-state index in [0.29, 0.717) is 23.1 Å². The second-order valence-electron chi connectivity index (χ2n) is 4.28. The first-order chi connectivity index (χ1) is 9.63. The molecule has 3 nitrogen and oxygen atoms in total. The Balaban J connectivity index is 2.59. The Kier molecular flexibility index (Phi) is 4.64. The minimum Gasteiger partial charge on any atom is -0.492 e.